The van der Waals surface area contributed by atoms with Gasteiger partial charge in [-0.3, -0.25) is 5.43 Å². The molecule has 1 N–H and O–H groups in total. The second-order valence-electron chi connectivity index (χ2n) is 1.49. The van der Waals surface area contributed by atoms with Gasteiger partial charge in [0.2, 0.25) is 0 Å². The zero-order valence-electron chi connectivity index (χ0n) is 5.33. The van der Waals surface area contributed by atoms with Crippen LogP contribution in [0.3, 0.4) is 0 Å². The Morgan fingerprint density at radius 1 is 1.80 bits per heavy atom. The lowest BCUT2D eigenvalue weighted by Gasteiger charge is -2.05. The van der Waals surface area contributed by atoms with Gasteiger partial charge in [-0.15, -0.1) is 0 Å². The topological polar surface area (TPSA) is 59.0 Å². The number of nitrogens with one attached hydrogen (secondary N) is 1. The third kappa shape index (κ3) is 1.46. The third-order valence-corrected chi connectivity index (χ3v) is 1.45. The number of amidine groups is 1. The van der Waals surface area contributed by atoms with Gasteiger partial charge in [0.1, 0.15) is 5.70 Å². The number of allylic oxidation sites excluding steroid dienone is 1. The summed E-state index contributed by atoms with van der Waals surface area (Å²) in [6, 6.07) is 0. The fourth-order valence-electron chi connectivity index (χ4n) is 0.457. The van der Waals surface area contributed by atoms with E-state index in [-0.39, 0.29) is 0 Å². The Bertz CT molecular complexity index is 236. The average molecular weight is 153 g/mol. The summed E-state index contributed by atoms with van der Waals surface area (Å²) in [5, 5.41) is 12.7. The van der Waals surface area contributed by atoms with Crippen LogP contribution in [0.5, 0.6) is 0 Å². The second-order valence-corrected chi connectivity index (χ2v) is 2.28. The number of hydrogen-bond acceptors (Lipinski definition) is 4. The molecule has 0 fully saturated rings. The summed E-state index contributed by atoms with van der Waals surface area (Å²) in [4.78, 5) is 3.89. The molecular formula is C5H5N4S-. The molecule has 0 atom stereocenters. The van der Waals surface area contributed by atoms with Crippen molar-refractivity contribution in [2.75, 3.05) is 6.26 Å². The molecule has 0 aromatic carbocycles. The molecule has 1 aliphatic heterocycles. The quantitative estimate of drug-likeness (QED) is 0.512. The third-order valence-electron chi connectivity index (χ3n) is 0.877. The van der Waals surface area contributed by atoms with Crippen LogP contribution in [0.15, 0.2) is 15.8 Å². The van der Waals surface area contributed by atoms with Crippen LogP contribution in [0, 0.1) is 0 Å². The van der Waals surface area contributed by atoms with Crippen molar-refractivity contribution < 1.29 is 0 Å². The zero-order chi connectivity index (χ0) is 7.40. The van der Waals surface area contributed by atoms with Crippen LogP contribution in [0.25, 0.3) is 5.41 Å². The van der Waals surface area contributed by atoms with E-state index in [9.17, 15) is 0 Å². The Balaban J connectivity index is 2.83. The van der Waals surface area contributed by atoms with Crippen molar-refractivity contribution in [2.24, 2.45) is 10.1 Å². The molecule has 0 aromatic rings. The molecule has 0 radical (unpaired) electrons. The fourth-order valence-corrected chi connectivity index (χ4v) is 0.791. The first-order valence-electron chi connectivity index (χ1n) is 2.55. The van der Waals surface area contributed by atoms with Gasteiger partial charge in [-0.2, -0.15) is 5.10 Å². The zero-order valence-corrected chi connectivity index (χ0v) is 6.14. The van der Waals surface area contributed by atoms with Crippen molar-refractivity contribution in [1.29, 1.82) is 0 Å². The van der Waals surface area contributed by atoms with E-state index in [1.807, 2.05) is 12.1 Å². The molecule has 1 rings (SSSR count). The summed E-state index contributed by atoms with van der Waals surface area (Å²) in [5.41, 5.74) is 2.98. The number of thioether (sulfide) groups is 1. The molecule has 52 valence electrons. The Hall–Kier alpha value is -1.06. The van der Waals surface area contributed by atoms with E-state index >= 15 is 0 Å². The highest BCUT2D eigenvalue weighted by Gasteiger charge is 1.98. The maximum atomic E-state index is 8.38. The van der Waals surface area contributed by atoms with Crippen molar-refractivity contribution in [2.45, 2.75) is 0 Å². The van der Waals surface area contributed by atoms with Crippen molar-refractivity contribution in [3.05, 3.63) is 11.1 Å². The molecule has 0 aromatic heterocycles. The first-order valence-corrected chi connectivity index (χ1v) is 3.78. The van der Waals surface area contributed by atoms with Crippen molar-refractivity contribution in [1.82, 2.24) is 5.43 Å². The van der Waals surface area contributed by atoms with Crippen LogP contribution < -0.4 is 5.43 Å². The van der Waals surface area contributed by atoms with E-state index in [1.54, 1.807) is 0 Å². The number of rotatable bonds is 0. The average Bonchev–Trinajstić information content (AvgIpc) is 2.05. The standard InChI is InChI=1S/C5H5N4S/c1-10-5-8-4(2-6)3-7-9-5/h3H,1H3,(H,8,9)/q-1. The number of nitrogens with zero attached hydrogens (tertiary/aromatic N) is 3. The molecule has 1 heterocycles. The van der Waals surface area contributed by atoms with Gasteiger partial charge in [-0.1, -0.05) is 11.8 Å². The predicted molar refractivity (Wildman–Crippen MR) is 44.5 cm³/mol. The predicted octanol–water partition coefficient (Wildman–Crippen LogP) is 0.417. The smallest absolute Gasteiger partial charge is 0.182 e. The lowest BCUT2D eigenvalue weighted by molar-refractivity contribution is 1.03. The Labute approximate surface area is 62.6 Å². The minimum absolute atomic E-state index is 0.336. The molecule has 4 nitrogen and oxygen atoms in total. The first-order chi connectivity index (χ1) is 4.86. The minimum Gasteiger partial charge on any atom is -0.761 e. The van der Waals surface area contributed by atoms with Crippen molar-refractivity contribution in [3.8, 4) is 0 Å². The van der Waals surface area contributed by atoms with Crippen LogP contribution in [-0.2, 0) is 0 Å². The lowest BCUT2D eigenvalue weighted by atomic mass is 10.5. The molecule has 0 saturated heterocycles. The molecule has 1 aliphatic rings. The van der Waals surface area contributed by atoms with Crippen LogP contribution >= 0.6 is 11.8 Å². The van der Waals surface area contributed by atoms with Crippen LogP contribution in [0.1, 0.15) is 0 Å². The summed E-state index contributed by atoms with van der Waals surface area (Å²) in [5.74, 6) is 1.89. The Kier molecular flexibility index (Phi) is 2.25. The fraction of sp³-hybridized carbons (Fsp3) is 0.200. The number of hydrogen-bond donors (Lipinski definition) is 1. The highest BCUT2D eigenvalue weighted by Crippen LogP contribution is 2.01. The van der Waals surface area contributed by atoms with Gasteiger partial charge < -0.3 is 5.41 Å². The highest BCUT2D eigenvalue weighted by atomic mass is 32.2. The van der Waals surface area contributed by atoms with Gasteiger partial charge in [0.25, 0.3) is 0 Å². The summed E-state index contributed by atoms with van der Waals surface area (Å²) in [6.45, 7) is 0. The Morgan fingerprint density at radius 2 is 2.60 bits per heavy atom. The SMILES string of the molecule is CSC1=NC(=C=[N-])C=NN1. The van der Waals surface area contributed by atoms with Crippen molar-refractivity contribution in [3.63, 3.8) is 0 Å². The normalized spacial score (nSPS) is 15.7. The van der Waals surface area contributed by atoms with E-state index in [0.717, 1.165) is 0 Å². The summed E-state index contributed by atoms with van der Waals surface area (Å²) >= 11 is 1.42. The van der Waals surface area contributed by atoms with E-state index in [1.165, 1.54) is 18.0 Å². The summed E-state index contributed by atoms with van der Waals surface area (Å²) in [6.07, 6.45) is 3.25. The number of hydrazone groups is 1. The van der Waals surface area contributed by atoms with Gasteiger partial charge in [-0.25, -0.2) is 10.9 Å². The molecule has 0 spiro atoms. The van der Waals surface area contributed by atoms with Crippen LogP contribution in [-0.4, -0.2) is 23.5 Å². The first kappa shape index (κ1) is 7.05. The van der Waals surface area contributed by atoms with E-state index in [0.29, 0.717) is 10.9 Å². The maximum absolute atomic E-state index is 8.38. The van der Waals surface area contributed by atoms with Crippen LogP contribution in [0.2, 0.25) is 0 Å². The molecule has 0 amide bonds. The largest absolute Gasteiger partial charge is 0.761 e. The van der Waals surface area contributed by atoms with E-state index in [4.69, 9.17) is 5.41 Å². The molecule has 0 unspecified atom stereocenters. The monoisotopic (exact) mass is 153 g/mol. The van der Waals surface area contributed by atoms with E-state index in [2.05, 4.69) is 15.5 Å². The summed E-state index contributed by atoms with van der Waals surface area (Å²) in [7, 11) is 0. The van der Waals surface area contributed by atoms with Crippen LogP contribution in [0.4, 0.5) is 0 Å². The molecule has 0 bridgehead atoms. The second kappa shape index (κ2) is 3.20. The molecule has 10 heavy (non-hydrogen) atoms. The Morgan fingerprint density at radius 3 is 3.20 bits per heavy atom. The maximum Gasteiger partial charge on any atom is 0.182 e. The number of aliphatic imine (C=N–C) groups is 1. The van der Waals surface area contributed by atoms with Gasteiger partial charge in [0.15, 0.2) is 5.17 Å². The molecule has 0 aliphatic carbocycles. The van der Waals surface area contributed by atoms with Gasteiger partial charge in [0, 0.05) is 0 Å². The molecule has 0 saturated carbocycles. The van der Waals surface area contributed by atoms with Gasteiger partial charge in [0.05, 0.1) is 6.21 Å². The highest BCUT2D eigenvalue weighted by molar-refractivity contribution is 8.13. The molecular weight excluding hydrogens is 148 g/mol. The summed E-state index contributed by atoms with van der Waals surface area (Å²) < 4.78 is 0. The van der Waals surface area contributed by atoms with Gasteiger partial charge >= 0.3 is 0 Å². The van der Waals surface area contributed by atoms with E-state index < -0.39 is 0 Å². The van der Waals surface area contributed by atoms with Crippen molar-refractivity contribution >= 4 is 29.0 Å². The van der Waals surface area contributed by atoms with Gasteiger partial charge in [-0.05, 0) is 6.26 Å². The minimum atomic E-state index is 0.336. The lowest BCUT2D eigenvalue weighted by Crippen LogP contribution is -2.17. The molecule has 5 heteroatoms.